The molecule has 1 fully saturated rings. The predicted molar refractivity (Wildman–Crippen MR) is 112 cm³/mol. The average Bonchev–Trinajstić information content (AvgIpc) is 3.36. The van der Waals surface area contributed by atoms with Crippen LogP contribution in [-0.4, -0.2) is 40.6 Å². The first-order valence-corrected chi connectivity index (χ1v) is 10.5. The summed E-state index contributed by atoms with van der Waals surface area (Å²) in [5, 5.41) is 3.15. The molecule has 4 rings (SSSR count). The smallest absolute Gasteiger partial charge is 0.255 e. The fourth-order valence-electron chi connectivity index (χ4n) is 4.10. The average molecular weight is 396 g/mol. The summed E-state index contributed by atoms with van der Waals surface area (Å²) in [5.41, 5.74) is 3.79. The normalized spacial score (nSPS) is 17.0. The highest BCUT2D eigenvalue weighted by Crippen LogP contribution is 2.30. The number of hydrogen-bond acceptors (Lipinski definition) is 4. The van der Waals surface area contributed by atoms with Crippen molar-refractivity contribution in [3.8, 4) is 11.4 Å². The van der Waals surface area contributed by atoms with Gasteiger partial charge in [0.25, 0.3) is 5.91 Å². The summed E-state index contributed by atoms with van der Waals surface area (Å²) in [4.78, 5) is 19.8. The summed E-state index contributed by atoms with van der Waals surface area (Å²) in [5.74, 6) is 1.27. The molecule has 5 nitrogen and oxygen atoms in total. The SMILES string of the molecule is COc1cccc(-n2c(C)cc(C(=O)N3CCCC(c4nccs4)C3)c2C)c1. The molecule has 1 amide bonds. The first-order valence-electron chi connectivity index (χ1n) is 9.60. The topological polar surface area (TPSA) is 47.4 Å². The van der Waals surface area contributed by atoms with E-state index in [4.69, 9.17) is 4.74 Å². The molecule has 1 saturated heterocycles. The number of rotatable bonds is 4. The highest BCUT2D eigenvalue weighted by atomic mass is 32.1. The van der Waals surface area contributed by atoms with Crippen molar-refractivity contribution in [1.29, 1.82) is 0 Å². The first-order chi connectivity index (χ1) is 13.6. The zero-order chi connectivity index (χ0) is 19.7. The monoisotopic (exact) mass is 395 g/mol. The molecular weight excluding hydrogens is 370 g/mol. The molecule has 146 valence electrons. The lowest BCUT2D eigenvalue weighted by atomic mass is 9.98. The molecule has 0 radical (unpaired) electrons. The van der Waals surface area contributed by atoms with Crippen LogP contribution in [-0.2, 0) is 0 Å². The minimum absolute atomic E-state index is 0.114. The van der Waals surface area contributed by atoms with Crippen LogP contribution < -0.4 is 4.74 Å². The molecule has 6 heteroatoms. The molecule has 1 aromatic carbocycles. The fraction of sp³-hybridized carbons (Fsp3) is 0.364. The van der Waals surface area contributed by atoms with Crippen molar-refractivity contribution in [2.24, 2.45) is 0 Å². The molecule has 0 bridgehead atoms. The maximum Gasteiger partial charge on any atom is 0.255 e. The quantitative estimate of drug-likeness (QED) is 0.650. The number of ether oxygens (including phenoxy) is 1. The number of aryl methyl sites for hydroxylation is 1. The third-order valence-electron chi connectivity index (χ3n) is 5.48. The van der Waals surface area contributed by atoms with Crippen molar-refractivity contribution in [3.63, 3.8) is 0 Å². The number of piperidine rings is 1. The number of carbonyl (C=O) groups is 1. The summed E-state index contributed by atoms with van der Waals surface area (Å²) < 4.78 is 7.48. The van der Waals surface area contributed by atoms with E-state index in [1.54, 1.807) is 18.4 Å². The Bertz CT molecular complexity index is 978. The highest BCUT2D eigenvalue weighted by molar-refractivity contribution is 7.09. The Balaban J connectivity index is 1.61. The summed E-state index contributed by atoms with van der Waals surface area (Å²) in [7, 11) is 1.67. The van der Waals surface area contributed by atoms with Gasteiger partial charge in [-0.25, -0.2) is 4.98 Å². The Kier molecular flexibility index (Phi) is 5.22. The van der Waals surface area contributed by atoms with Crippen LogP contribution in [0.15, 0.2) is 41.9 Å². The van der Waals surface area contributed by atoms with Crippen molar-refractivity contribution in [3.05, 3.63) is 63.9 Å². The zero-order valence-corrected chi connectivity index (χ0v) is 17.3. The second kappa shape index (κ2) is 7.80. The van der Waals surface area contributed by atoms with Gasteiger partial charge in [-0.1, -0.05) is 6.07 Å². The summed E-state index contributed by atoms with van der Waals surface area (Å²) >= 11 is 1.68. The molecule has 0 spiro atoms. The molecule has 0 N–H and O–H groups in total. The molecule has 0 saturated carbocycles. The molecule has 1 aliphatic heterocycles. The van der Waals surface area contributed by atoms with Gasteiger partial charge in [-0.15, -0.1) is 11.3 Å². The number of benzene rings is 1. The van der Waals surface area contributed by atoms with Gasteiger partial charge in [0.1, 0.15) is 5.75 Å². The Morgan fingerprint density at radius 3 is 2.89 bits per heavy atom. The Morgan fingerprint density at radius 1 is 1.29 bits per heavy atom. The van der Waals surface area contributed by atoms with E-state index >= 15 is 0 Å². The number of methoxy groups -OCH3 is 1. The van der Waals surface area contributed by atoms with E-state index in [0.29, 0.717) is 5.92 Å². The molecule has 2 aromatic heterocycles. The van der Waals surface area contributed by atoms with Crippen LogP contribution in [0.25, 0.3) is 5.69 Å². The van der Waals surface area contributed by atoms with E-state index in [1.807, 2.05) is 60.7 Å². The maximum atomic E-state index is 13.3. The van der Waals surface area contributed by atoms with E-state index in [2.05, 4.69) is 9.55 Å². The number of amides is 1. The van der Waals surface area contributed by atoms with Crippen LogP contribution in [0.5, 0.6) is 5.75 Å². The van der Waals surface area contributed by atoms with Gasteiger partial charge in [0.15, 0.2) is 0 Å². The Hall–Kier alpha value is -2.60. The van der Waals surface area contributed by atoms with Crippen LogP contribution in [0, 0.1) is 13.8 Å². The largest absolute Gasteiger partial charge is 0.497 e. The maximum absolute atomic E-state index is 13.3. The second-order valence-corrected chi connectivity index (χ2v) is 8.21. The van der Waals surface area contributed by atoms with Gasteiger partial charge >= 0.3 is 0 Å². The van der Waals surface area contributed by atoms with Gasteiger partial charge < -0.3 is 14.2 Å². The third kappa shape index (κ3) is 3.44. The number of nitrogens with zero attached hydrogens (tertiary/aromatic N) is 3. The minimum Gasteiger partial charge on any atom is -0.497 e. The minimum atomic E-state index is 0.114. The molecule has 28 heavy (non-hydrogen) atoms. The molecule has 1 atom stereocenters. The lowest BCUT2D eigenvalue weighted by molar-refractivity contribution is 0.0706. The number of thiazole rings is 1. The summed E-state index contributed by atoms with van der Waals surface area (Å²) in [6.07, 6.45) is 3.97. The molecule has 0 aliphatic carbocycles. The number of likely N-dealkylation sites (tertiary alicyclic amines) is 1. The first kappa shape index (κ1) is 18.7. The van der Waals surface area contributed by atoms with Crippen molar-refractivity contribution < 1.29 is 9.53 Å². The molecule has 3 heterocycles. The highest BCUT2D eigenvalue weighted by Gasteiger charge is 2.28. The van der Waals surface area contributed by atoms with Crippen molar-refractivity contribution in [2.75, 3.05) is 20.2 Å². The fourth-order valence-corrected chi connectivity index (χ4v) is 4.86. The predicted octanol–water partition coefficient (Wildman–Crippen LogP) is 4.58. The van der Waals surface area contributed by atoms with E-state index in [0.717, 1.165) is 59.3 Å². The molecule has 1 unspecified atom stereocenters. The Labute approximate surface area is 169 Å². The van der Waals surface area contributed by atoms with Gasteiger partial charge in [0.2, 0.25) is 0 Å². The van der Waals surface area contributed by atoms with E-state index < -0.39 is 0 Å². The zero-order valence-electron chi connectivity index (χ0n) is 16.5. The van der Waals surface area contributed by atoms with Crippen LogP contribution in [0.3, 0.4) is 0 Å². The summed E-state index contributed by atoms with van der Waals surface area (Å²) in [6, 6.07) is 9.93. The van der Waals surface area contributed by atoms with E-state index in [-0.39, 0.29) is 5.91 Å². The van der Waals surface area contributed by atoms with Crippen molar-refractivity contribution >= 4 is 17.2 Å². The van der Waals surface area contributed by atoms with Crippen LogP contribution in [0.2, 0.25) is 0 Å². The number of carbonyl (C=O) groups excluding carboxylic acids is 1. The van der Waals surface area contributed by atoms with Crippen molar-refractivity contribution in [1.82, 2.24) is 14.5 Å². The molecular formula is C22H25N3O2S. The number of aromatic nitrogens is 2. The lowest BCUT2D eigenvalue weighted by Gasteiger charge is -2.32. The van der Waals surface area contributed by atoms with Crippen LogP contribution in [0.1, 0.15) is 45.5 Å². The van der Waals surface area contributed by atoms with Crippen molar-refractivity contribution in [2.45, 2.75) is 32.6 Å². The Morgan fingerprint density at radius 2 is 2.14 bits per heavy atom. The van der Waals surface area contributed by atoms with Gasteiger partial charge in [-0.2, -0.15) is 0 Å². The third-order valence-corrected chi connectivity index (χ3v) is 6.42. The van der Waals surface area contributed by atoms with Crippen LogP contribution >= 0.6 is 11.3 Å². The summed E-state index contributed by atoms with van der Waals surface area (Å²) in [6.45, 7) is 5.61. The lowest BCUT2D eigenvalue weighted by Crippen LogP contribution is -2.39. The number of hydrogen-bond donors (Lipinski definition) is 0. The molecule has 1 aliphatic rings. The van der Waals surface area contributed by atoms with E-state index in [9.17, 15) is 4.79 Å². The van der Waals surface area contributed by atoms with Gasteiger partial charge in [0.05, 0.1) is 17.7 Å². The standard InChI is InChI=1S/C22H25N3O2S/c1-15-12-20(16(2)25(15)18-7-4-8-19(13-18)27-3)22(26)24-10-5-6-17(14-24)21-23-9-11-28-21/h4,7-9,11-13,17H,5-6,10,14H2,1-3H3. The van der Waals surface area contributed by atoms with E-state index in [1.165, 1.54) is 0 Å². The van der Waals surface area contributed by atoms with Crippen LogP contribution in [0.4, 0.5) is 0 Å². The van der Waals surface area contributed by atoms with Gasteiger partial charge in [-0.3, -0.25) is 4.79 Å². The second-order valence-electron chi connectivity index (χ2n) is 7.28. The van der Waals surface area contributed by atoms with Gasteiger partial charge in [0, 0.05) is 53.7 Å². The molecule has 3 aromatic rings. The van der Waals surface area contributed by atoms with Gasteiger partial charge in [-0.05, 0) is 44.9 Å².